The van der Waals surface area contributed by atoms with Crippen LogP contribution in [0.1, 0.15) is 12.5 Å². The van der Waals surface area contributed by atoms with Gasteiger partial charge in [0.25, 0.3) is 5.69 Å². The molecule has 1 unspecified atom stereocenters. The lowest BCUT2D eigenvalue weighted by Gasteiger charge is -2.36. The Hall–Kier alpha value is -2.56. The molecule has 27 heavy (non-hydrogen) atoms. The molecular weight excluding hydrogens is 369 g/mol. The van der Waals surface area contributed by atoms with Gasteiger partial charge in [-0.2, -0.15) is 13.2 Å². The Morgan fingerprint density at radius 1 is 1.33 bits per heavy atom. The van der Waals surface area contributed by atoms with Crippen LogP contribution in [-0.4, -0.2) is 61.8 Å². The van der Waals surface area contributed by atoms with E-state index in [2.05, 4.69) is 5.32 Å². The van der Waals surface area contributed by atoms with Gasteiger partial charge in [-0.1, -0.05) is 0 Å². The van der Waals surface area contributed by atoms with Crippen molar-refractivity contribution in [3.05, 3.63) is 33.9 Å². The normalized spacial score (nSPS) is 16.2. The second-order valence-electron chi connectivity index (χ2n) is 6.24. The highest BCUT2D eigenvalue weighted by molar-refractivity contribution is 5.75. The average Bonchev–Trinajstić information content (AvgIpc) is 2.60. The number of anilines is 1. The highest BCUT2D eigenvalue weighted by atomic mass is 19.4. The lowest BCUT2D eigenvalue weighted by Crippen LogP contribution is -2.53. The minimum atomic E-state index is -4.65. The van der Waals surface area contributed by atoms with E-state index in [1.807, 2.05) is 0 Å². The topological polar surface area (TPSA) is 88.0 Å². The number of nitro benzene ring substituents is 1. The molecule has 2 amide bonds. The van der Waals surface area contributed by atoms with Gasteiger partial charge in [0.05, 0.1) is 23.1 Å². The maximum atomic E-state index is 12.8. The molecule has 2 rings (SSSR count). The summed E-state index contributed by atoms with van der Waals surface area (Å²) in [6, 6.07) is 2.03. The van der Waals surface area contributed by atoms with Crippen LogP contribution in [0, 0.1) is 10.1 Å². The number of nitro groups is 1. The fourth-order valence-corrected chi connectivity index (χ4v) is 2.86. The quantitative estimate of drug-likeness (QED) is 0.617. The van der Waals surface area contributed by atoms with E-state index in [1.165, 1.54) is 7.11 Å². The smallest absolute Gasteiger partial charge is 0.383 e. The number of carbonyl (C=O) groups excluding carboxylic acids is 1. The molecule has 150 valence electrons. The molecule has 0 bridgehead atoms. The van der Waals surface area contributed by atoms with Gasteiger partial charge in [-0.05, 0) is 19.1 Å². The number of nitrogens with one attached hydrogen (secondary N) is 1. The van der Waals surface area contributed by atoms with Crippen molar-refractivity contribution >= 4 is 17.4 Å². The monoisotopic (exact) mass is 390 g/mol. The lowest BCUT2D eigenvalue weighted by molar-refractivity contribution is -0.384. The van der Waals surface area contributed by atoms with E-state index in [4.69, 9.17) is 4.74 Å². The summed E-state index contributed by atoms with van der Waals surface area (Å²) in [4.78, 5) is 25.7. The summed E-state index contributed by atoms with van der Waals surface area (Å²) in [7, 11) is 1.53. The summed E-state index contributed by atoms with van der Waals surface area (Å²) in [6.07, 6.45) is -4.65. The zero-order chi connectivity index (χ0) is 20.2. The molecule has 0 aromatic heterocycles. The molecule has 0 saturated carbocycles. The Balaban J connectivity index is 2.07. The number of carbonyl (C=O) groups is 1. The number of piperazine rings is 1. The third-order valence-electron chi connectivity index (χ3n) is 4.19. The number of benzene rings is 1. The van der Waals surface area contributed by atoms with Gasteiger partial charge >= 0.3 is 12.2 Å². The molecule has 0 aliphatic carbocycles. The van der Waals surface area contributed by atoms with Gasteiger partial charge in [-0.15, -0.1) is 0 Å². The first kappa shape index (κ1) is 20.7. The van der Waals surface area contributed by atoms with Crippen molar-refractivity contribution < 1.29 is 27.6 Å². The largest absolute Gasteiger partial charge is 0.416 e. The zero-order valence-electron chi connectivity index (χ0n) is 15.0. The molecule has 11 heteroatoms. The lowest BCUT2D eigenvalue weighted by atomic mass is 10.1. The third-order valence-corrected chi connectivity index (χ3v) is 4.19. The van der Waals surface area contributed by atoms with Gasteiger partial charge in [0.15, 0.2) is 0 Å². The second-order valence-corrected chi connectivity index (χ2v) is 6.24. The highest BCUT2D eigenvalue weighted by Gasteiger charge is 2.34. The molecule has 0 radical (unpaired) electrons. The first-order valence-electron chi connectivity index (χ1n) is 8.28. The van der Waals surface area contributed by atoms with Crippen LogP contribution >= 0.6 is 0 Å². The van der Waals surface area contributed by atoms with E-state index in [-0.39, 0.29) is 30.8 Å². The van der Waals surface area contributed by atoms with Crippen molar-refractivity contribution in [2.75, 3.05) is 44.8 Å². The zero-order valence-corrected chi connectivity index (χ0v) is 15.0. The summed E-state index contributed by atoms with van der Waals surface area (Å²) in [6.45, 7) is 3.30. The Morgan fingerprint density at radius 2 is 1.96 bits per heavy atom. The predicted octanol–water partition coefficient (Wildman–Crippen LogP) is 2.48. The Labute approximate surface area is 154 Å². The van der Waals surface area contributed by atoms with Crippen molar-refractivity contribution in [3.63, 3.8) is 0 Å². The highest BCUT2D eigenvalue weighted by Crippen LogP contribution is 2.36. The number of urea groups is 1. The van der Waals surface area contributed by atoms with Crippen molar-refractivity contribution in [1.29, 1.82) is 0 Å². The van der Waals surface area contributed by atoms with Crippen LogP contribution in [0.2, 0.25) is 0 Å². The Morgan fingerprint density at radius 3 is 2.48 bits per heavy atom. The molecule has 0 spiro atoms. The van der Waals surface area contributed by atoms with Crippen LogP contribution in [0.4, 0.5) is 29.3 Å². The molecule has 1 aromatic rings. The standard InChI is InChI=1S/C16H21F3N4O4/c1-11(10-27-2)20-15(24)22-7-5-21(6-8-22)13-4-3-12(16(17,18)19)9-14(13)23(25)26/h3-4,9,11H,5-8,10H2,1-2H3,(H,20,24). The van der Waals surface area contributed by atoms with E-state index in [0.717, 1.165) is 12.1 Å². The summed E-state index contributed by atoms with van der Waals surface area (Å²) in [5.74, 6) is 0. The molecule has 8 nitrogen and oxygen atoms in total. The molecule has 1 heterocycles. The van der Waals surface area contributed by atoms with E-state index >= 15 is 0 Å². The van der Waals surface area contributed by atoms with Gasteiger partial charge in [0.2, 0.25) is 0 Å². The van der Waals surface area contributed by atoms with Crippen molar-refractivity contribution in [3.8, 4) is 0 Å². The van der Waals surface area contributed by atoms with Crippen LogP contribution in [0.15, 0.2) is 18.2 Å². The number of rotatable bonds is 5. The second kappa shape index (κ2) is 8.42. The molecule has 1 saturated heterocycles. The summed E-state index contributed by atoms with van der Waals surface area (Å²) in [5, 5.41) is 14.0. The number of nitrogens with zero attached hydrogens (tertiary/aromatic N) is 3. The molecular formula is C16H21F3N4O4. The van der Waals surface area contributed by atoms with E-state index < -0.39 is 22.4 Å². The maximum absolute atomic E-state index is 12.8. The maximum Gasteiger partial charge on any atom is 0.416 e. The van der Waals surface area contributed by atoms with Crippen LogP contribution < -0.4 is 10.2 Å². The molecule has 1 atom stereocenters. The van der Waals surface area contributed by atoms with Crippen molar-refractivity contribution in [2.24, 2.45) is 0 Å². The number of methoxy groups -OCH3 is 1. The predicted molar refractivity (Wildman–Crippen MR) is 91.8 cm³/mol. The van der Waals surface area contributed by atoms with Gasteiger partial charge in [0, 0.05) is 39.4 Å². The number of amides is 2. The van der Waals surface area contributed by atoms with Gasteiger partial charge < -0.3 is 19.9 Å². The van der Waals surface area contributed by atoms with Crippen LogP contribution in [-0.2, 0) is 10.9 Å². The van der Waals surface area contributed by atoms with E-state index in [0.29, 0.717) is 25.8 Å². The van der Waals surface area contributed by atoms with Crippen molar-refractivity contribution in [2.45, 2.75) is 19.1 Å². The molecule has 1 aromatic carbocycles. The molecule has 1 N–H and O–H groups in total. The fraction of sp³-hybridized carbons (Fsp3) is 0.562. The number of ether oxygens (including phenoxy) is 1. The van der Waals surface area contributed by atoms with Gasteiger partial charge in [-0.25, -0.2) is 4.79 Å². The average molecular weight is 390 g/mol. The van der Waals surface area contributed by atoms with Gasteiger partial charge in [-0.3, -0.25) is 10.1 Å². The number of hydrogen-bond acceptors (Lipinski definition) is 5. The summed E-state index contributed by atoms with van der Waals surface area (Å²) in [5.41, 5.74) is -1.56. The first-order valence-corrected chi connectivity index (χ1v) is 8.28. The number of halogens is 3. The van der Waals surface area contributed by atoms with Crippen LogP contribution in [0.5, 0.6) is 0 Å². The molecule has 1 aliphatic heterocycles. The number of alkyl halides is 3. The summed E-state index contributed by atoms with van der Waals surface area (Å²) < 4.78 is 43.4. The molecule has 1 fully saturated rings. The third kappa shape index (κ3) is 5.22. The van der Waals surface area contributed by atoms with Crippen LogP contribution in [0.25, 0.3) is 0 Å². The minimum absolute atomic E-state index is 0.112. The molecule has 1 aliphatic rings. The van der Waals surface area contributed by atoms with Gasteiger partial charge in [0.1, 0.15) is 5.69 Å². The van der Waals surface area contributed by atoms with Crippen molar-refractivity contribution in [1.82, 2.24) is 10.2 Å². The summed E-state index contributed by atoms with van der Waals surface area (Å²) >= 11 is 0. The van der Waals surface area contributed by atoms with Crippen LogP contribution in [0.3, 0.4) is 0 Å². The van der Waals surface area contributed by atoms with E-state index in [1.54, 1.807) is 16.7 Å². The first-order chi connectivity index (χ1) is 12.6. The Kier molecular flexibility index (Phi) is 6.47. The Bertz CT molecular complexity index is 691. The van der Waals surface area contributed by atoms with E-state index in [9.17, 15) is 28.1 Å². The minimum Gasteiger partial charge on any atom is -0.383 e. The number of hydrogen-bond donors (Lipinski definition) is 1. The fourth-order valence-electron chi connectivity index (χ4n) is 2.86. The SMILES string of the molecule is COCC(C)NC(=O)N1CCN(c2ccc(C(F)(F)F)cc2[N+](=O)[O-])CC1.